The van der Waals surface area contributed by atoms with Gasteiger partial charge >= 0.3 is 0 Å². The summed E-state index contributed by atoms with van der Waals surface area (Å²) in [7, 11) is -3.69. The van der Waals surface area contributed by atoms with Crippen LogP contribution in [0.1, 0.15) is 6.92 Å². The van der Waals surface area contributed by atoms with Crippen molar-refractivity contribution in [2.75, 3.05) is 5.32 Å². The quantitative estimate of drug-likeness (QED) is 0.767. The summed E-state index contributed by atoms with van der Waals surface area (Å²) in [6.45, 7) is 5.06. The van der Waals surface area contributed by atoms with Crippen molar-refractivity contribution < 1.29 is 13.2 Å². The number of nitrogens with two attached hydrogens (primary N) is 1. The third-order valence-corrected chi connectivity index (χ3v) is 2.76. The zero-order valence-electron chi connectivity index (χ0n) is 8.73. The molecule has 1 aromatic rings. The Kier molecular flexibility index (Phi) is 3.46. The largest absolute Gasteiger partial charge is 0.322 e. The fourth-order valence-corrected chi connectivity index (χ4v) is 1.48. The predicted octanol–water partition coefficient (Wildman–Crippen LogP) is 0.849. The van der Waals surface area contributed by atoms with Gasteiger partial charge in [-0.25, -0.2) is 13.6 Å². The minimum absolute atomic E-state index is 0.000763. The van der Waals surface area contributed by atoms with Crippen LogP contribution in [0.5, 0.6) is 0 Å². The van der Waals surface area contributed by atoms with Crippen LogP contribution < -0.4 is 10.5 Å². The Morgan fingerprint density at radius 1 is 1.31 bits per heavy atom. The van der Waals surface area contributed by atoms with Gasteiger partial charge in [-0.1, -0.05) is 6.58 Å². The predicted molar refractivity (Wildman–Crippen MR) is 61.3 cm³/mol. The number of primary sulfonamides is 1. The Morgan fingerprint density at radius 2 is 1.81 bits per heavy atom. The summed E-state index contributed by atoms with van der Waals surface area (Å²) in [5.41, 5.74) is 0.857. The molecule has 86 valence electrons. The molecule has 16 heavy (non-hydrogen) atoms. The first-order valence-electron chi connectivity index (χ1n) is 4.40. The summed E-state index contributed by atoms with van der Waals surface area (Å²) in [6.07, 6.45) is 0. The van der Waals surface area contributed by atoms with E-state index in [-0.39, 0.29) is 10.8 Å². The minimum Gasteiger partial charge on any atom is -0.322 e. The maximum Gasteiger partial charge on any atom is 0.250 e. The molecule has 0 aromatic heterocycles. The zero-order valence-corrected chi connectivity index (χ0v) is 9.54. The van der Waals surface area contributed by atoms with Gasteiger partial charge < -0.3 is 5.32 Å². The molecule has 1 aromatic carbocycles. The standard InChI is InChI=1S/C10H12N2O3S/c1-7(2)10(13)12-8-3-5-9(6-4-8)16(11,14)15/h3-6H,1H2,2H3,(H,12,13)(H2,11,14,15). The minimum atomic E-state index is -3.69. The summed E-state index contributed by atoms with van der Waals surface area (Å²) in [5, 5.41) is 7.47. The highest BCUT2D eigenvalue weighted by Gasteiger charge is 2.07. The summed E-state index contributed by atoms with van der Waals surface area (Å²) >= 11 is 0. The number of carbonyl (C=O) groups excluding carboxylic acids is 1. The molecule has 1 amide bonds. The monoisotopic (exact) mass is 240 g/mol. The van der Waals surface area contributed by atoms with Gasteiger partial charge in [-0.2, -0.15) is 0 Å². The number of anilines is 1. The van der Waals surface area contributed by atoms with Crippen molar-refractivity contribution in [3.05, 3.63) is 36.4 Å². The van der Waals surface area contributed by atoms with Crippen LogP contribution in [0.2, 0.25) is 0 Å². The molecule has 0 atom stereocenters. The lowest BCUT2D eigenvalue weighted by molar-refractivity contribution is -0.112. The molecule has 0 aliphatic rings. The topological polar surface area (TPSA) is 89.3 Å². The van der Waals surface area contributed by atoms with Crippen LogP contribution in [0.3, 0.4) is 0 Å². The van der Waals surface area contributed by atoms with Gasteiger partial charge in [0.05, 0.1) is 4.90 Å². The SMILES string of the molecule is C=C(C)C(=O)Nc1ccc(S(N)(=O)=O)cc1. The number of hydrogen-bond acceptors (Lipinski definition) is 3. The Labute approximate surface area is 94.0 Å². The summed E-state index contributed by atoms with van der Waals surface area (Å²) in [6, 6.07) is 5.56. The highest BCUT2D eigenvalue weighted by Crippen LogP contribution is 2.13. The van der Waals surface area contributed by atoms with E-state index < -0.39 is 10.0 Å². The van der Waals surface area contributed by atoms with E-state index in [1.54, 1.807) is 6.92 Å². The Morgan fingerprint density at radius 3 is 2.19 bits per heavy atom. The van der Waals surface area contributed by atoms with E-state index in [2.05, 4.69) is 11.9 Å². The van der Waals surface area contributed by atoms with Crippen molar-refractivity contribution in [2.24, 2.45) is 5.14 Å². The van der Waals surface area contributed by atoms with E-state index in [0.29, 0.717) is 11.3 Å². The highest BCUT2D eigenvalue weighted by atomic mass is 32.2. The molecule has 0 aliphatic carbocycles. The molecule has 0 saturated carbocycles. The van der Waals surface area contributed by atoms with Crippen LogP contribution in [-0.2, 0) is 14.8 Å². The third-order valence-electron chi connectivity index (χ3n) is 1.83. The van der Waals surface area contributed by atoms with Gasteiger partial charge in [-0.3, -0.25) is 4.79 Å². The molecule has 0 fully saturated rings. The van der Waals surface area contributed by atoms with E-state index >= 15 is 0 Å². The smallest absolute Gasteiger partial charge is 0.250 e. The van der Waals surface area contributed by atoms with Crippen molar-refractivity contribution in [3.8, 4) is 0 Å². The van der Waals surface area contributed by atoms with Gasteiger partial charge in [-0.05, 0) is 31.2 Å². The number of benzene rings is 1. The van der Waals surface area contributed by atoms with Gasteiger partial charge in [-0.15, -0.1) is 0 Å². The van der Waals surface area contributed by atoms with Crippen LogP contribution in [-0.4, -0.2) is 14.3 Å². The summed E-state index contributed by atoms with van der Waals surface area (Å²) < 4.78 is 21.9. The van der Waals surface area contributed by atoms with Crippen LogP contribution in [0.15, 0.2) is 41.3 Å². The molecule has 6 heteroatoms. The molecule has 0 heterocycles. The number of sulfonamides is 1. The molecule has 1 rings (SSSR count). The van der Waals surface area contributed by atoms with Gasteiger partial charge in [0.15, 0.2) is 0 Å². The number of hydrogen-bond donors (Lipinski definition) is 2. The second-order valence-corrected chi connectivity index (χ2v) is 4.87. The molecule has 3 N–H and O–H groups in total. The Hall–Kier alpha value is -1.66. The van der Waals surface area contributed by atoms with E-state index in [9.17, 15) is 13.2 Å². The van der Waals surface area contributed by atoms with Crippen LogP contribution in [0.25, 0.3) is 0 Å². The van der Waals surface area contributed by atoms with Crippen molar-refractivity contribution in [3.63, 3.8) is 0 Å². The van der Waals surface area contributed by atoms with Crippen molar-refractivity contribution in [2.45, 2.75) is 11.8 Å². The van der Waals surface area contributed by atoms with Crippen LogP contribution >= 0.6 is 0 Å². The molecule has 5 nitrogen and oxygen atoms in total. The van der Waals surface area contributed by atoms with Gasteiger partial charge in [0.1, 0.15) is 0 Å². The molecule has 0 spiro atoms. The van der Waals surface area contributed by atoms with Gasteiger partial charge in [0, 0.05) is 11.3 Å². The number of amides is 1. The van der Waals surface area contributed by atoms with Gasteiger partial charge in [0.25, 0.3) is 5.91 Å². The van der Waals surface area contributed by atoms with Gasteiger partial charge in [0.2, 0.25) is 10.0 Å². The molecule has 0 bridgehead atoms. The molecular weight excluding hydrogens is 228 g/mol. The molecule has 0 saturated heterocycles. The van der Waals surface area contributed by atoms with E-state index in [4.69, 9.17) is 5.14 Å². The number of rotatable bonds is 3. The van der Waals surface area contributed by atoms with E-state index in [1.807, 2.05) is 0 Å². The number of carbonyl (C=O) groups is 1. The van der Waals surface area contributed by atoms with Crippen LogP contribution in [0, 0.1) is 0 Å². The highest BCUT2D eigenvalue weighted by molar-refractivity contribution is 7.89. The molecule has 0 aliphatic heterocycles. The van der Waals surface area contributed by atoms with E-state index in [1.165, 1.54) is 24.3 Å². The molecule has 0 unspecified atom stereocenters. The lowest BCUT2D eigenvalue weighted by Crippen LogP contribution is -2.13. The lowest BCUT2D eigenvalue weighted by Gasteiger charge is -2.05. The fourth-order valence-electron chi connectivity index (χ4n) is 0.966. The Bertz CT molecular complexity index is 518. The fraction of sp³-hybridized carbons (Fsp3) is 0.100. The second-order valence-electron chi connectivity index (χ2n) is 3.30. The Balaban J connectivity index is 2.88. The third kappa shape index (κ3) is 3.18. The van der Waals surface area contributed by atoms with Crippen molar-refractivity contribution >= 4 is 21.6 Å². The summed E-state index contributed by atoms with van der Waals surface area (Å²) in [5.74, 6) is -0.316. The van der Waals surface area contributed by atoms with Crippen molar-refractivity contribution in [1.29, 1.82) is 0 Å². The van der Waals surface area contributed by atoms with E-state index in [0.717, 1.165) is 0 Å². The average molecular weight is 240 g/mol. The molecule has 0 radical (unpaired) electrons. The van der Waals surface area contributed by atoms with Crippen molar-refractivity contribution in [1.82, 2.24) is 0 Å². The first-order valence-corrected chi connectivity index (χ1v) is 5.95. The average Bonchev–Trinajstić information content (AvgIpc) is 2.17. The maximum absolute atomic E-state index is 11.2. The van der Waals surface area contributed by atoms with Crippen LogP contribution in [0.4, 0.5) is 5.69 Å². The maximum atomic E-state index is 11.2. The normalized spacial score (nSPS) is 10.9. The first kappa shape index (κ1) is 12.4. The molecular formula is C10H12N2O3S. The lowest BCUT2D eigenvalue weighted by atomic mass is 10.3. The summed E-state index contributed by atoms with van der Waals surface area (Å²) in [4.78, 5) is 11.2. The second kappa shape index (κ2) is 4.46. The first-order chi connectivity index (χ1) is 7.30. The zero-order chi connectivity index (χ0) is 12.3. The number of nitrogens with one attached hydrogen (secondary N) is 1.